The van der Waals surface area contributed by atoms with Crippen LogP contribution in [-0.4, -0.2) is 43.3 Å². The van der Waals surface area contributed by atoms with Crippen LogP contribution in [0.3, 0.4) is 0 Å². The van der Waals surface area contributed by atoms with E-state index in [1.165, 1.54) is 7.11 Å². The molecule has 0 aromatic heterocycles. The number of ether oxygens (including phenoxy) is 2. The summed E-state index contributed by atoms with van der Waals surface area (Å²) < 4.78 is 9.18. The van der Waals surface area contributed by atoms with Gasteiger partial charge >= 0.3 is 11.4 Å². The average molecular weight is 223 g/mol. The number of hydroxylamine groups is 2. The van der Waals surface area contributed by atoms with Gasteiger partial charge in [-0.2, -0.15) is 5.06 Å². The quantitative estimate of drug-likeness (QED) is 0.439. The minimum Gasteiger partial charge on any atom is -0.433 e. The Morgan fingerprint density at radius 1 is 1.43 bits per heavy atom. The molecule has 0 spiro atoms. The van der Waals surface area contributed by atoms with E-state index < -0.39 is 11.4 Å². The Bertz CT molecular complexity index is 199. The van der Waals surface area contributed by atoms with Crippen molar-refractivity contribution in [3.63, 3.8) is 0 Å². The number of thiol groups is 1. The number of hydrogen-bond donors (Lipinski definition) is 1. The summed E-state index contributed by atoms with van der Waals surface area (Å²) in [6.45, 7) is 2.16. The van der Waals surface area contributed by atoms with E-state index in [1.54, 1.807) is 6.92 Å². The SMILES string of the molecule is CCOC(=O)ON(CCOC)C(=O)S. The van der Waals surface area contributed by atoms with Gasteiger partial charge in [0.1, 0.15) is 0 Å². The molecule has 1 amide bonds. The minimum atomic E-state index is -0.939. The van der Waals surface area contributed by atoms with E-state index in [1.807, 2.05) is 0 Å². The molecule has 82 valence electrons. The summed E-state index contributed by atoms with van der Waals surface area (Å²) in [6.07, 6.45) is -0.939. The van der Waals surface area contributed by atoms with Crippen molar-refractivity contribution in [1.29, 1.82) is 0 Å². The number of carbonyl (C=O) groups is 2. The van der Waals surface area contributed by atoms with Crippen LogP contribution in [-0.2, 0) is 14.3 Å². The molecular formula is C7H13NO5S. The molecule has 0 aromatic carbocycles. The lowest BCUT2D eigenvalue weighted by atomic mass is 10.7. The molecule has 0 heterocycles. The Hall–Kier alpha value is -0.950. The molecule has 0 aromatic rings. The van der Waals surface area contributed by atoms with Crippen LogP contribution in [0.25, 0.3) is 0 Å². The van der Waals surface area contributed by atoms with Crippen LogP contribution in [0.4, 0.5) is 9.59 Å². The second kappa shape index (κ2) is 7.45. The number of rotatable bonds is 4. The van der Waals surface area contributed by atoms with Crippen LogP contribution >= 0.6 is 12.6 Å². The minimum absolute atomic E-state index is 0.109. The first kappa shape index (κ1) is 13.1. The Morgan fingerprint density at radius 3 is 2.50 bits per heavy atom. The molecule has 0 aliphatic heterocycles. The number of nitrogens with zero attached hydrogens (tertiary/aromatic N) is 1. The standard InChI is InChI=1S/C7H13NO5S/c1-3-12-7(10)13-8(6(9)14)4-5-11-2/h3-5H2,1-2H3,(H,9,14). The molecule has 0 saturated carbocycles. The predicted octanol–water partition coefficient (Wildman–Crippen LogP) is 1.07. The smallest absolute Gasteiger partial charge is 0.433 e. The van der Waals surface area contributed by atoms with Crippen molar-refractivity contribution in [3.8, 4) is 0 Å². The van der Waals surface area contributed by atoms with Crippen LogP contribution in [0.15, 0.2) is 0 Å². The number of carbonyl (C=O) groups excluding carboxylic acids is 2. The Kier molecular flexibility index (Phi) is 6.95. The normalized spacial score (nSPS) is 9.36. The van der Waals surface area contributed by atoms with Crippen LogP contribution in [0.2, 0.25) is 0 Å². The van der Waals surface area contributed by atoms with Gasteiger partial charge in [0.2, 0.25) is 0 Å². The van der Waals surface area contributed by atoms with Crippen molar-refractivity contribution >= 4 is 24.0 Å². The fourth-order valence-electron chi connectivity index (χ4n) is 0.589. The molecule has 0 N–H and O–H groups in total. The molecule has 0 atom stereocenters. The highest BCUT2D eigenvalue weighted by atomic mass is 32.1. The maximum absolute atomic E-state index is 10.8. The van der Waals surface area contributed by atoms with Crippen LogP contribution in [0.1, 0.15) is 6.92 Å². The van der Waals surface area contributed by atoms with Gasteiger partial charge < -0.3 is 14.3 Å². The molecule has 0 fully saturated rings. The van der Waals surface area contributed by atoms with Crippen LogP contribution < -0.4 is 0 Å². The van der Waals surface area contributed by atoms with Gasteiger partial charge in [0.25, 0.3) is 0 Å². The molecule has 0 rings (SSSR count). The fraction of sp³-hybridized carbons (Fsp3) is 0.714. The molecule has 0 unspecified atom stereocenters. The van der Waals surface area contributed by atoms with E-state index in [0.29, 0.717) is 0 Å². The molecule has 0 saturated heterocycles. The van der Waals surface area contributed by atoms with Crippen LogP contribution in [0.5, 0.6) is 0 Å². The van der Waals surface area contributed by atoms with Gasteiger partial charge in [-0.15, -0.1) is 0 Å². The number of amides is 1. The van der Waals surface area contributed by atoms with Crippen LogP contribution in [0, 0.1) is 0 Å². The van der Waals surface area contributed by atoms with Gasteiger partial charge in [-0.25, -0.2) is 4.79 Å². The zero-order chi connectivity index (χ0) is 11.0. The van der Waals surface area contributed by atoms with Crippen molar-refractivity contribution in [2.45, 2.75) is 6.92 Å². The maximum Gasteiger partial charge on any atom is 0.533 e. The fourth-order valence-corrected chi connectivity index (χ4v) is 0.730. The predicted molar refractivity (Wildman–Crippen MR) is 51.1 cm³/mol. The highest BCUT2D eigenvalue weighted by Crippen LogP contribution is 1.99. The zero-order valence-electron chi connectivity index (χ0n) is 8.06. The largest absolute Gasteiger partial charge is 0.533 e. The second-order valence-corrected chi connectivity index (χ2v) is 2.53. The first-order chi connectivity index (χ1) is 6.61. The van der Waals surface area contributed by atoms with E-state index >= 15 is 0 Å². The van der Waals surface area contributed by atoms with E-state index in [4.69, 9.17) is 4.74 Å². The summed E-state index contributed by atoms with van der Waals surface area (Å²) >= 11 is 3.51. The van der Waals surface area contributed by atoms with E-state index in [9.17, 15) is 9.59 Å². The molecule has 0 aliphatic carbocycles. The highest BCUT2D eigenvalue weighted by Gasteiger charge is 2.15. The average Bonchev–Trinajstić information content (AvgIpc) is 2.12. The lowest BCUT2D eigenvalue weighted by Gasteiger charge is -2.17. The van der Waals surface area contributed by atoms with Gasteiger partial charge in [0.15, 0.2) is 0 Å². The summed E-state index contributed by atoms with van der Waals surface area (Å²) in [6, 6.07) is 0. The zero-order valence-corrected chi connectivity index (χ0v) is 8.95. The Labute approximate surface area is 87.5 Å². The summed E-state index contributed by atoms with van der Waals surface area (Å²) in [5, 5.41) is 0.0695. The summed E-state index contributed by atoms with van der Waals surface area (Å²) in [4.78, 5) is 26.1. The summed E-state index contributed by atoms with van der Waals surface area (Å²) in [5.41, 5.74) is 0. The molecule has 0 aliphatic rings. The maximum atomic E-state index is 10.8. The van der Waals surface area contributed by atoms with E-state index in [-0.39, 0.29) is 19.8 Å². The van der Waals surface area contributed by atoms with E-state index in [2.05, 4.69) is 22.2 Å². The topological polar surface area (TPSA) is 65.1 Å². The van der Waals surface area contributed by atoms with Crippen molar-refractivity contribution in [3.05, 3.63) is 0 Å². The van der Waals surface area contributed by atoms with Gasteiger partial charge in [-0.3, -0.25) is 4.79 Å². The van der Waals surface area contributed by atoms with Gasteiger partial charge in [-0.05, 0) is 6.92 Å². The van der Waals surface area contributed by atoms with Crippen molar-refractivity contribution in [1.82, 2.24) is 5.06 Å². The molecule has 7 heteroatoms. The third kappa shape index (κ3) is 5.65. The Morgan fingerprint density at radius 2 is 2.07 bits per heavy atom. The van der Waals surface area contributed by atoms with Crippen molar-refractivity contribution in [2.24, 2.45) is 0 Å². The molecule has 6 nitrogen and oxygen atoms in total. The number of hydrogen-bond acceptors (Lipinski definition) is 5. The lowest BCUT2D eigenvalue weighted by Crippen LogP contribution is -2.32. The van der Waals surface area contributed by atoms with E-state index in [0.717, 1.165) is 5.06 Å². The summed E-state index contributed by atoms with van der Waals surface area (Å²) in [7, 11) is 1.46. The van der Waals surface area contributed by atoms with Crippen molar-refractivity contribution in [2.75, 3.05) is 26.9 Å². The first-order valence-corrected chi connectivity index (χ1v) is 4.40. The molecular weight excluding hydrogens is 210 g/mol. The third-order valence-corrected chi connectivity index (χ3v) is 1.38. The van der Waals surface area contributed by atoms with Gasteiger partial charge in [-0.1, -0.05) is 12.6 Å². The van der Waals surface area contributed by atoms with Crippen molar-refractivity contribution < 1.29 is 23.9 Å². The molecule has 0 radical (unpaired) electrons. The Balaban J connectivity index is 3.95. The number of methoxy groups -OCH3 is 1. The molecule has 0 bridgehead atoms. The summed E-state index contributed by atoms with van der Waals surface area (Å²) in [5.74, 6) is 0. The van der Waals surface area contributed by atoms with Gasteiger partial charge in [0.05, 0.1) is 19.8 Å². The monoisotopic (exact) mass is 223 g/mol. The lowest BCUT2D eigenvalue weighted by molar-refractivity contribution is -0.0906. The van der Waals surface area contributed by atoms with Gasteiger partial charge in [0, 0.05) is 7.11 Å². The molecule has 14 heavy (non-hydrogen) atoms. The third-order valence-electron chi connectivity index (χ3n) is 1.16. The first-order valence-electron chi connectivity index (χ1n) is 3.96. The highest BCUT2D eigenvalue weighted by molar-refractivity contribution is 7.96. The second-order valence-electron chi connectivity index (χ2n) is 2.15.